The molecule has 1 heterocycles. The van der Waals surface area contributed by atoms with Gasteiger partial charge in [0, 0.05) is 19.6 Å². The SMILES string of the molecule is NCCNC(=O)[C@@H]1Cc2ccccc2CN1. The van der Waals surface area contributed by atoms with Crippen molar-refractivity contribution in [2.45, 2.75) is 19.0 Å². The second-order valence-corrected chi connectivity index (χ2v) is 3.99. The lowest BCUT2D eigenvalue weighted by Gasteiger charge is -2.25. The molecular formula is C12H17N3O. The molecule has 1 atom stereocenters. The summed E-state index contributed by atoms with van der Waals surface area (Å²) in [6.45, 7) is 1.78. The zero-order valence-electron chi connectivity index (χ0n) is 9.20. The zero-order valence-corrected chi connectivity index (χ0v) is 9.20. The molecule has 0 fully saturated rings. The van der Waals surface area contributed by atoms with Gasteiger partial charge in [-0.2, -0.15) is 0 Å². The Morgan fingerprint density at radius 2 is 2.19 bits per heavy atom. The lowest BCUT2D eigenvalue weighted by atomic mass is 9.95. The lowest BCUT2D eigenvalue weighted by Crippen LogP contribution is -2.48. The first kappa shape index (κ1) is 11.1. The second kappa shape index (κ2) is 5.09. The summed E-state index contributed by atoms with van der Waals surface area (Å²) in [6, 6.07) is 8.09. The molecule has 0 bridgehead atoms. The number of rotatable bonds is 3. The monoisotopic (exact) mass is 219 g/mol. The number of benzene rings is 1. The maximum Gasteiger partial charge on any atom is 0.237 e. The van der Waals surface area contributed by atoms with Gasteiger partial charge in [0.05, 0.1) is 6.04 Å². The number of hydrogen-bond donors (Lipinski definition) is 3. The van der Waals surface area contributed by atoms with Crippen molar-refractivity contribution >= 4 is 5.91 Å². The smallest absolute Gasteiger partial charge is 0.237 e. The van der Waals surface area contributed by atoms with Crippen LogP contribution in [0.5, 0.6) is 0 Å². The van der Waals surface area contributed by atoms with E-state index >= 15 is 0 Å². The van der Waals surface area contributed by atoms with E-state index in [2.05, 4.69) is 22.8 Å². The van der Waals surface area contributed by atoms with Crippen molar-refractivity contribution in [3.8, 4) is 0 Å². The summed E-state index contributed by atoms with van der Waals surface area (Å²) in [7, 11) is 0. The Labute approximate surface area is 95.2 Å². The van der Waals surface area contributed by atoms with Gasteiger partial charge in [0.15, 0.2) is 0 Å². The quantitative estimate of drug-likeness (QED) is 0.658. The molecule has 4 N–H and O–H groups in total. The standard InChI is InChI=1S/C12H17N3O/c13-5-6-14-12(16)11-7-9-3-1-2-4-10(9)8-15-11/h1-4,11,15H,5-8,13H2,(H,14,16)/t11-/m0/s1. The van der Waals surface area contributed by atoms with Gasteiger partial charge in [0.1, 0.15) is 0 Å². The largest absolute Gasteiger partial charge is 0.353 e. The highest BCUT2D eigenvalue weighted by molar-refractivity contribution is 5.82. The van der Waals surface area contributed by atoms with E-state index in [0.29, 0.717) is 13.1 Å². The van der Waals surface area contributed by atoms with E-state index in [4.69, 9.17) is 5.73 Å². The number of hydrogen-bond acceptors (Lipinski definition) is 3. The maximum absolute atomic E-state index is 11.7. The van der Waals surface area contributed by atoms with Crippen molar-refractivity contribution in [1.82, 2.24) is 10.6 Å². The maximum atomic E-state index is 11.7. The van der Waals surface area contributed by atoms with Gasteiger partial charge in [-0.05, 0) is 17.5 Å². The first-order valence-electron chi connectivity index (χ1n) is 5.59. The molecule has 1 aliphatic rings. The van der Waals surface area contributed by atoms with Crippen LogP contribution in [-0.2, 0) is 17.8 Å². The normalized spacial score (nSPS) is 18.9. The lowest BCUT2D eigenvalue weighted by molar-refractivity contribution is -0.123. The Kier molecular flexibility index (Phi) is 3.54. The third-order valence-electron chi connectivity index (χ3n) is 2.84. The van der Waals surface area contributed by atoms with Gasteiger partial charge < -0.3 is 16.4 Å². The minimum absolute atomic E-state index is 0.0416. The minimum Gasteiger partial charge on any atom is -0.353 e. The van der Waals surface area contributed by atoms with Crippen LogP contribution in [0.3, 0.4) is 0 Å². The Morgan fingerprint density at radius 1 is 1.44 bits per heavy atom. The number of nitrogens with two attached hydrogens (primary N) is 1. The molecule has 0 aliphatic carbocycles. The van der Waals surface area contributed by atoms with Gasteiger partial charge in [-0.3, -0.25) is 4.79 Å². The van der Waals surface area contributed by atoms with E-state index in [9.17, 15) is 4.79 Å². The Bertz CT molecular complexity index is 378. The summed E-state index contributed by atoms with van der Waals surface area (Å²) in [4.78, 5) is 11.7. The van der Waals surface area contributed by atoms with Gasteiger partial charge in [-0.25, -0.2) is 0 Å². The summed E-state index contributed by atoms with van der Waals surface area (Å²) in [5.41, 5.74) is 7.89. The van der Waals surface area contributed by atoms with Crippen LogP contribution in [0.25, 0.3) is 0 Å². The summed E-state index contributed by atoms with van der Waals surface area (Å²) in [5, 5.41) is 6.04. The van der Waals surface area contributed by atoms with Crippen LogP contribution in [0.4, 0.5) is 0 Å². The highest BCUT2D eigenvalue weighted by atomic mass is 16.2. The molecule has 16 heavy (non-hydrogen) atoms. The fraction of sp³-hybridized carbons (Fsp3) is 0.417. The fourth-order valence-corrected chi connectivity index (χ4v) is 1.96. The van der Waals surface area contributed by atoms with E-state index in [-0.39, 0.29) is 11.9 Å². The zero-order chi connectivity index (χ0) is 11.4. The highest BCUT2D eigenvalue weighted by Crippen LogP contribution is 2.15. The van der Waals surface area contributed by atoms with Crippen molar-refractivity contribution in [2.24, 2.45) is 5.73 Å². The molecule has 0 radical (unpaired) electrons. The molecule has 1 aromatic rings. The van der Waals surface area contributed by atoms with Crippen LogP contribution < -0.4 is 16.4 Å². The Balaban J connectivity index is 1.99. The van der Waals surface area contributed by atoms with Gasteiger partial charge in [0.25, 0.3) is 0 Å². The summed E-state index contributed by atoms with van der Waals surface area (Å²) < 4.78 is 0. The van der Waals surface area contributed by atoms with Gasteiger partial charge in [-0.15, -0.1) is 0 Å². The van der Waals surface area contributed by atoms with Crippen molar-refractivity contribution < 1.29 is 4.79 Å². The molecular weight excluding hydrogens is 202 g/mol. The Morgan fingerprint density at radius 3 is 2.94 bits per heavy atom. The third kappa shape index (κ3) is 2.40. The first-order valence-corrected chi connectivity index (χ1v) is 5.59. The van der Waals surface area contributed by atoms with E-state index in [1.807, 2.05) is 12.1 Å². The average Bonchev–Trinajstić information content (AvgIpc) is 2.35. The molecule has 1 amide bonds. The Hall–Kier alpha value is -1.39. The summed E-state index contributed by atoms with van der Waals surface area (Å²) in [6.07, 6.45) is 0.757. The van der Waals surface area contributed by atoms with Gasteiger partial charge in [0.2, 0.25) is 5.91 Å². The number of fused-ring (bicyclic) bond motifs is 1. The molecule has 0 saturated heterocycles. The molecule has 1 aromatic carbocycles. The molecule has 2 rings (SSSR count). The van der Waals surface area contributed by atoms with Crippen molar-refractivity contribution in [2.75, 3.05) is 13.1 Å². The van der Waals surface area contributed by atoms with Crippen LogP contribution in [0.15, 0.2) is 24.3 Å². The topological polar surface area (TPSA) is 67.1 Å². The van der Waals surface area contributed by atoms with Crippen molar-refractivity contribution in [1.29, 1.82) is 0 Å². The average molecular weight is 219 g/mol. The number of amides is 1. The van der Waals surface area contributed by atoms with Crippen LogP contribution in [0.2, 0.25) is 0 Å². The van der Waals surface area contributed by atoms with Crippen molar-refractivity contribution in [3.05, 3.63) is 35.4 Å². The predicted molar refractivity (Wildman–Crippen MR) is 62.8 cm³/mol. The summed E-state index contributed by atoms with van der Waals surface area (Å²) in [5.74, 6) is 0.0416. The van der Waals surface area contributed by atoms with Gasteiger partial charge in [-0.1, -0.05) is 24.3 Å². The predicted octanol–water partition coefficient (Wildman–Crippen LogP) is -0.224. The molecule has 4 nitrogen and oxygen atoms in total. The van der Waals surface area contributed by atoms with E-state index in [1.54, 1.807) is 0 Å². The molecule has 0 aromatic heterocycles. The molecule has 86 valence electrons. The van der Waals surface area contributed by atoms with Crippen LogP contribution >= 0.6 is 0 Å². The van der Waals surface area contributed by atoms with Crippen LogP contribution in [-0.4, -0.2) is 25.0 Å². The number of nitrogens with one attached hydrogen (secondary N) is 2. The molecule has 4 heteroatoms. The molecule has 0 unspecified atom stereocenters. The third-order valence-corrected chi connectivity index (χ3v) is 2.84. The van der Waals surface area contributed by atoms with Crippen LogP contribution in [0.1, 0.15) is 11.1 Å². The van der Waals surface area contributed by atoms with E-state index in [0.717, 1.165) is 13.0 Å². The minimum atomic E-state index is -0.124. The van der Waals surface area contributed by atoms with E-state index < -0.39 is 0 Å². The number of carbonyl (C=O) groups is 1. The van der Waals surface area contributed by atoms with E-state index in [1.165, 1.54) is 11.1 Å². The van der Waals surface area contributed by atoms with Gasteiger partial charge >= 0.3 is 0 Å². The van der Waals surface area contributed by atoms with Crippen molar-refractivity contribution in [3.63, 3.8) is 0 Å². The fourth-order valence-electron chi connectivity index (χ4n) is 1.96. The second-order valence-electron chi connectivity index (χ2n) is 3.99. The van der Waals surface area contributed by atoms with Crippen LogP contribution in [0, 0.1) is 0 Å². The summed E-state index contributed by atoms with van der Waals surface area (Å²) >= 11 is 0. The molecule has 0 saturated carbocycles. The molecule has 0 spiro atoms. The molecule has 1 aliphatic heterocycles. The first-order chi connectivity index (χ1) is 7.81. The highest BCUT2D eigenvalue weighted by Gasteiger charge is 2.23. The number of carbonyl (C=O) groups excluding carboxylic acids is 1.